The van der Waals surface area contributed by atoms with Crippen LogP contribution in [-0.2, 0) is 14.3 Å². The van der Waals surface area contributed by atoms with Gasteiger partial charge in [-0.2, -0.15) is 0 Å². The second-order valence-electron chi connectivity index (χ2n) is 2.45. The molecule has 1 rings (SSSR count). The van der Waals surface area contributed by atoms with Gasteiger partial charge in [0.2, 0.25) is 0 Å². The van der Waals surface area contributed by atoms with E-state index >= 15 is 0 Å². The molecule has 0 amide bonds. The Hall–Kier alpha value is -1.11. The molecule has 0 spiro atoms. The summed E-state index contributed by atoms with van der Waals surface area (Å²) in [6.45, 7) is 1.81. The molecule has 0 aromatic rings. The van der Waals surface area contributed by atoms with Gasteiger partial charge in [0.15, 0.2) is 12.1 Å². The minimum Gasteiger partial charge on any atom is -0.341 e. The fourth-order valence-electron chi connectivity index (χ4n) is 0.779. The maximum atomic E-state index is 10.7. The number of terminal acetylenes is 1. The summed E-state index contributed by atoms with van der Waals surface area (Å²) >= 11 is 0. The molecule has 0 bridgehead atoms. The van der Waals surface area contributed by atoms with Gasteiger partial charge in [0.05, 0.1) is 0 Å². The first-order chi connectivity index (χ1) is 5.72. The summed E-state index contributed by atoms with van der Waals surface area (Å²) in [6, 6.07) is 0. The second-order valence-corrected chi connectivity index (χ2v) is 2.45. The van der Waals surface area contributed by atoms with Gasteiger partial charge in [-0.3, -0.25) is 4.79 Å². The summed E-state index contributed by atoms with van der Waals surface area (Å²) in [5.74, 6) is 2.35. The molecular weight excluding hydrogens is 156 g/mol. The molecule has 1 aliphatic heterocycles. The minimum absolute atomic E-state index is 0.0526. The minimum atomic E-state index is -0.478. The number of rotatable bonds is 2. The molecule has 0 aliphatic carbocycles. The monoisotopic (exact) mass is 166 g/mol. The third-order valence-electron chi connectivity index (χ3n) is 1.40. The summed E-state index contributed by atoms with van der Waals surface area (Å²) in [6.07, 6.45) is 7.32. The quantitative estimate of drug-likeness (QED) is 0.560. The molecule has 1 heterocycles. The smallest absolute Gasteiger partial charge is 0.181 e. The van der Waals surface area contributed by atoms with E-state index in [1.54, 1.807) is 13.0 Å². The molecule has 0 saturated carbocycles. The van der Waals surface area contributed by atoms with Crippen molar-refractivity contribution in [2.75, 3.05) is 6.61 Å². The van der Waals surface area contributed by atoms with Crippen molar-refractivity contribution in [3.63, 3.8) is 0 Å². The Labute approximate surface area is 71.4 Å². The average Bonchev–Trinajstić information content (AvgIpc) is 2.09. The Morgan fingerprint density at radius 1 is 1.92 bits per heavy atom. The summed E-state index contributed by atoms with van der Waals surface area (Å²) in [5.41, 5.74) is 0. The molecule has 0 N–H and O–H groups in total. The largest absolute Gasteiger partial charge is 0.341 e. The van der Waals surface area contributed by atoms with E-state index in [1.165, 1.54) is 6.08 Å². The zero-order chi connectivity index (χ0) is 8.97. The Morgan fingerprint density at radius 3 is 3.17 bits per heavy atom. The first-order valence-corrected chi connectivity index (χ1v) is 3.66. The molecule has 0 aromatic heterocycles. The van der Waals surface area contributed by atoms with Gasteiger partial charge in [0, 0.05) is 0 Å². The SMILES string of the molecule is C#C[C@@H](C)O[C@@H]1C=CC(=O)CO1. The fourth-order valence-corrected chi connectivity index (χ4v) is 0.779. The Bertz CT molecular complexity index is 237. The van der Waals surface area contributed by atoms with Crippen molar-refractivity contribution in [1.29, 1.82) is 0 Å². The van der Waals surface area contributed by atoms with Crippen LogP contribution >= 0.6 is 0 Å². The van der Waals surface area contributed by atoms with E-state index in [4.69, 9.17) is 15.9 Å². The van der Waals surface area contributed by atoms with E-state index in [2.05, 4.69) is 5.92 Å². The molecule has 1 aliphatic rings. The predicted octanol–water partition coefficient (Wildman–Crippen LogP) is 0.506. The van der Waals surface area contributed by atoms with Crippen molar-refractivity contribution < 1.29 is 14.3 Å². The molecule has 0 radical (unpaired) electrons. The van der Waals surface area contributed by atoms with Crippen LogP contribution in [0.1, 0.15) is 6.92 Å². The van der Waals surface area contributed by atoms with Crippen molar-refractivity contribution in [3.05, 3.63) is 12.2 Å². The molecular formula is C9H10O3. The van der Waals surface area contributed by atoms with Crippen LogP contribution in [0.5, 0.6) is 0 Å². The standard InChI is InChI=1S/C9H10O3/c1-3-7(2)12-9-5-4-8(10)6-11-9/h1,4-5,7,9H,6H2,2H3/t7-,9-/m1/s1. The molecule has 0 saturated heterocycles. The molecule has 64 valence electrons. The van der Waals surface area contributed by atoms with Crippen LogP contribution in [0.4, 0.5) is 0 Å². The highest BCUT2D eigenvalue weighted by molar-refractivity contribution is 5.91. The Balaban J connectivity index is 2.41. The van der Waals surface area contributed by atoms with Gasteiger partial charge in [-0.05, 0) is 19.1 Å². The van der Waals surface area contributed by atoms with Crippen molar-refractivity contribution in [3.8, 4) is 12.3 Å². The topological polar surface area (TPSA) is 35.5 Å². The van der Waals surface area contributed by atoms with Gasteiger partial charge in [0.1, 0.15) is 12.7 Å². The fraction of sp³-hybridized carbons (Fsp3) is 0.444. The van der Waals surface area contributed by atoms with Crippen LogP contribution in [0.15, 0.2) is 12.2 Å². The molecule has 0 fully saturated rings. The highest BCUT2D eigenvalue weighted by Crippen LogP contribution is 2.06. The summed E-state index contributed by atoms with van der Waals surface area (Å²) in [7, 11) is 0. The lowest BCUT2D eigenvalue weighted by Gasteiger charge is -2.18. The maximum Gasteiger partial charge on any atom is 0.181 e. The zero-order valence-electron chi connectivity index (χ0n) is 6.82. The van der Waals surface area contributed by atoms with E-state index in [-0.39, 0.29) is 18.5 Å². The van der Waals surface area contributed by atoms with E-state index in [9.17, 15) is 4.79 Å². The number of carbonyl (C=O) groups is 1. The van der Waals surface area contributed by atoms with Crippen LogP contribution in [0.3, 0.4) is 0 Å². The summed E-state index contributed by atoms with van der Waals surface area (Å²) in [5, 5.41) is 0. The van der Waals surface area contributed by atoms with E-state index in [0.717, 1.165) is 0 Å². The van der Waals surface area contributed by atoms with Gasteiger partial charge >= 0.3 is 0 Å². The molecule has 2 atom stereocenters. The van der Waals surface area contributed by atoms with Gasteiger partial charge < -0.3 is 9.47 Å². The van der Waals surface area contributed by atoms with Crippen molar-refractivity contribution in [2.45, 2.75) is 19.3 Å². The van der Waals surface area contributed by atoms with Crippen molar-refractivity contribution in [1.82, 2.24) is 0 Å². The first-order valence-electron chi connectivity index (χ1n) is 3.66. The Kier molecular flexibility index (Phi) is 3.03. The van der Waals surface area contributed by atoms with Crippen LogP contribution < -0.4 is 0 Å². The molecule has 3 nitrogen and oxygen atoms in total. The Morgan fingerprint density at radius 2 is 2.67 bits per heavy atom. The maximum absolute atomic E-state index is 10.7. The normalized spacial score (nSPS) is 25.0. The first kappa shape index (κ1) is 8.98. The van der Waals surface area contributed by atoms with Crippen LogP contribution in [-0.4, -0.2) is 24.8 Å². The third kappa shape index (κ3) is 2.50. The lowest BCUT2D eigenvalue weighted by Crippen LogP contribution is -2.26. The number of hydrogen-bond donors (Lipinski definition) is 0. The predicted molar refractivity (Wildman–Crippen MR) is 43.3 cm³/mol. The van der Waals surface area contributed by atoms with Crippen molar-refractivity contribution >= 4 is 5.78 Å². The lowest BCUT2D eigenvalue weighted by molar-refractivity contribution is -0.147. The van der Waals surface area contributed by atoms with Crippen LogP contribution in [0.25, 0.3) is 0 Å². The number of ether oxygens (including phenoxy) is 2. The molecule has 12 heavy (non-hydrogen) atoms. The molecule has 0 aromatic carbocycles. The van der Waals surface area contributed by atoms with Gasteiger partial charge in [0.25, 0.3) is 0 Å². The summed E-state index contributed by atoms with van der Waals surface area (Å²) < 4.78 is 10.2. The highest BCUT2D eigenvalue weighted by Gasteiger charge is 2.14. The van der Waals surface area contributed by atoms with Gasteiger partial charge in [-0.25, -0.2) is 0 Å². The van der Waals surface area contributed by atoms with Crippen molar-refractivity contribution in [2.24, 2.45) is 0 Å². The number of ketones is 1. The highest BCUT2D eigenvalue weighted by atomic mass is 16.7. The van der Waals surface area contributed by atoms with Gasteiger partial charge in [-0.1, -0.05) is 5.92 Å². The molecule has 3 heteroatoms. The zero-order valence-corrected chi connectivity index (χ0v) is 6.82. The second kappa shape index (κ2) is 4.05. The van der Waals surface area contributed by atoms with Crippen LogP contribution in [0.2, 0.25) is 0 Å². The van der Waals surface area contributed by atoms with Crippen LogP contribution in [0, 0.1) is 12.3 Å². The summed E-state index contributed by atoms with van der Waals surface area (Å²) in [4.78, 5) is 10.7. The number of carbonyl (C=O) groups excluding carboxylic acids is 1. The van der Waals surface area contributed by atoms with E-state index in [1.807, 2.05) is 0 Å². The average molecular weight is 166 g/mol. The van der Waals surface area contributed by atoms with E-state index < -0.39 is 6.29 Å². The molecule has 0 unspecified atom stereocenters. The number of hydrogen-bond acceptors (Lipinski definition) is 3. The van der Waals surface area contributed by atoms with E-state index in [0.29, 0.717) is 0 Å². The lowest BCUT2D eigenvalue weighted by atomic mass is 10.3. The third-order valence-corrected chi connectivity index (χ3v) is 1.40. The van der Waals surface area contributed by atoms with Gasteiger partial charge in [-0.15, -0.1) is 6.42 Å².